The van der Waals surface area contributed by atoms with Crippen LogP contribution in [-0.2, 0) is 0 Å². The molecule has 6 heteroatoms. The number of hydrogen-bond acceptors (Lipinski definition) is 5. The van der Waals surface area contributed by atoms with Crippen LogP contribution in [0.15, 0.2) is 48.8 Å². The molecule has 2 heterocycles. The van der Waals surface area contributed by atoms with Crippen molar-refractivity contribution in [1.29, 1.82) is 0 Å². The first-order valence-corrected chi connectivity index (χ1v) is 6.99. The van der Waals surface area contributed by atoms with Crippen LogP contribution in [-0.4, -0.2) is 33.2 Å². The van der Waals surface area contributed by atoms with Gasteiger partial charge in [-0.15, -0.1) is 0 Å². The Morgan fingerprint density at radius 3 is 2.91 bits per heavy atom. The lowest BCUT2D eigenvalue weighted by atomic mass is 10.1. The molecule has 0 aliphatic heterocycles. The van der Waals surface area contributed by atoms with Crippen molar-refractivity contribution in [3.8, 4) is 22.6 Å². The average molecular weight is 295 g/mol. The predicted molar refractivity (Wildman–Crippen MR) is 87.2 cm³/mol. The van der Waals surface area contributed by atoms with Gasteiger partial charge in [-0.3, -0.25) is 0 Å². The lowest BCUT2D eigenvalue weighted by Crippen LogP contribution is -2.05. The second-order valence-corrected chi connectivity index (χ2v) is 4.81. The molecule has 1 aromatic carbocycles. The maximum Gasteiger partial charge on any atom is 0.141 e. The Kier molecular flexibility index (Phi) is 4.02. The highest BCUT2D eigenvalue weighted by Gasteiger charge is 2.09. The molecule has 0 saturated heterocycles. The van der Waals surface area contributed by atoms with Gasteiger partial charge in [0.15, 0.2) is 0 Å². The maximum atomic E-state index is 8.87. The molecule has 6 nitrogen and oxygen atoms in total. The highest BCUT2D eigenvalue weighted by atomic mass is 16.3. The summed E-state index contributed by atoms with van der Waals surface area (Å²) in [5.41, 5.74) is 9.50. The van der Waals surface area contributed by atoms with Gasteiger partial charge in [-0.1, -0.05) is 12.1 Å². The Morgan fingerprint density at radius 1 is 1.18 bits per heavy atom. The smallest absolute Gasteiger partial charge is 0.141 e. The third kappa shape index (κ3) is 2.91. The molecule has 3 rings (SSSR count). The Bertz CT molecular complexity index is 768. The van der Waals surface area contributed by atoms with Crippen LogP contribution in [0, 0.1) is 0 Å². The monoisotopic (exact) mass is 295 g/mol. The van der Waals surface area contributed by atoms with Gasteiger partial charge in [0.2, 0.25) is 0 Å². The lowest BCUT2D eigenvalue weighted by Gasteiger charge is -2.06. The van der Waals surface area contributed by atoms with Crippen molar-refractivity contribution >= 4 is 11.5 Å². The molecular formula is C16H17N5O. The topological polar surface area (TPSA) is 99.8 Å². The van der Waals surface area contributed by atoms with E-state index >= 15 is 0 Å². The first-order chi connectivity index (χ1) is 10.8. The summed E-state index contributed by atoms with van der Waals surface area (Å²) in [6.45, 7) is 0.614. The summed E-state index contributed by atoms with van der Waals surface area (Å²) in [5, 5.41) is 12.0. The van der Waals surface area contributed by atoms with E-state index in [2.05, 4.69) is 20.3 Å². The molecule has 0 bridgehead atoms. The molecule has 22 heavy (non-hydrogen) atoms. The maximum absolute atomic E-state index is 8.87. The molecular weight excluding hydrogens is 278 g/mol. The van der Waals surface area contributed by atoms with Crippen molar-refractivity contribution < 1.29 is 5.11 Å². The summed E-state index contributed by atoms with van der Waals surface area (Å²) < 4.78 is 0. The summed E-state index contributed by atoms with van der Waals surface area (Å²) in [7, 11) is 0. The molecule has 5 N–H and O–H groups in total. The average Bonchev–Trinajstić information content (AvgIpc) is 3.03. The standard InChI is InChI=1S/C16H17N5O/c17-15-13(5-2-6-19-15)16-20-10-14(21-16)11-3-1-4-12(9-11)18-7-8-22/h1-6,9-10,18,22H,7-8H2,(H2,17,19)(H,20,21). The first kappa shape index (κ1) is 14.1. The summed E-state index contributed by atoms with van der Waals surface area (Å²) in [6.07, 6.45) is 3.42. The summed E-state index contributed by atoms with van der Waals surface area (Å²) in [5.74, 6) is 1.14. The van der Waals surface area contributed by atoms with Crippen molar-refractivity contribution in [2.75, 3.05) is 24.2 Å². The number of pyridine rings is 1. The van der Waals surface area contributed by atoms with Gasteiger partial charge in [0.1, 0.15) is 11.6 Å². The third-order valence-corrected chi connectivity index (χ3v) is 3.28. The number of nitrogen functional groups attached to an aromatic ring is 1. The number of nitrogens with zero attached hydrogens (tertiary/aromatic N) is 2. The molecule has 0 unspecified atom stereocenters. The second-order valence-electron chi connectivity index (χ2n) is 4.81. The molecule has 112 valence electrons. The number of aliphatic hydroxyl groups excluding tert-OH is 1. The number of imidazole rings is 1. The number of rotatable bonds is 5. The fraction of sp³-hybridized carbons (Fsp3) is 0.125. The molecule has 2 aromatic heterocycles. The number of aliphatic hydroxyl groups is 1. The summed E-state index contributed by atoms with van der Waals surface area (Å²) in [4.78, 5) is 11.7. The highest BCUT2D eigenvalue weighted by Crippen LogP contribution is 2.26. The minimum absolute atomic E-state index is 0.0959. The molecule has 0 spiro atoms. The van der Waals surface area contributed by atoms with Gasteiger partial charge < -0.3 is 21.1 Å². The predicted octanol–water partition coefficient (Wildman–Crippen LogP) is 2.13. The van der Waals surface area contributed by atoms with E-state index in [9.17, 15) is 0 Å². The van der Waals surface area contributed by atoms with Crippen LogP contribution in [0.4, 0.5) is 11.5 Å². The van der Waals surface area contributed by atoms with E-state index in [1.54, 1.807) is 12.4 Å². The SMILES string of the molecule is Nc1ncccc1-c1ncc(-c2cccc(NCCO)c2)[nH]1. The fourth-order valence-corrected chi connectivity index (χ4v) is 2.22. The quantitative estimate of drug-likeness (QED) is 0.578. The minimum Gasteiger partial charge on any atom is -0.395 e. The van der Waals surface area contributed by atoms with Crippen molar-refractivity contribution in [1.82, 2.24) is 15.0 Å². The van der Waals surface area contributed by atoms with Gasteiger partial charge in [-0.05, 0) is 24.3 Å². The van der Waals surface area contributed by atoms with E-state index in [1.165, 1.54) is 0 Å². The number of H-pyrrole nitrogens is 1. The summed E-state index contributed by atoms with van der Waals surface area (Å²) in [6, 6.07) is 11.6. The number of aromatic amines is 1. The van der Waals surface area contributed by atoms with Crippen LogP contribution in [0.25, 0.3) is 22.6 Å². The Morgan fingerprint density at radius 2 is 2.09 bits per heavy atom. The number of hydrogen-bond donors (Lipinski definition) is 4. The highest BCUT2D eigenvalue weighted by molar-refractivity contribution is 5.72. The molecule has 0 atom stereocenters. The van der Waals surface area contributed by atoms with E-state index in [4.69, 9.17) is 10.8 Å². The zero-order chi connectivity index (χ0) is 15.4. The van der Waals surface area contributed by atoms with Crippen LogP contribution in [0.3, 0.4) is 0 Å². The lowest BCUT2D eigenvalue weighted by molar-refractivity contribution is 0.311. The molecule has 0 saturated carbocycles. The zero-order valence-electron chi connectivity index (χ0n) is 12.0. The van der Waals surface area contributed by atoms with Crippen LogP contribution in [0.2, 0.25) is 0 Å². The number of aromatic nitrogens is 3. The Balaban J connectivity index is 1.89. The van der Waals surface area contributed by atoms with Gasteiger partial charge >= 0.3 is 0 Å². The number of nitrogens with two attached hydrogens (primary N) is 1. The van der Waals surface area contributed by atoms with E-state index < -0.39 is 0 Å². The van der Waals surface area contributed by atoms with Crippen LogP contribution in [0.5, 0.6) is 0 Å². The molecule has 0 aliphatic rings. The van der Waals surface area contributed by atoms with E-state index in [0.717, 1.165) is 22.5 Å². The van der Waals surface area contributed by atoms with Crippen LogP contribution < -0.4 is 11.1 Å². The summed E-state index contributed by atoms with van der Waals surface area (Å²) >= 11 is 0. The molecule has 0 amide bonds. The largest absolute Gasteiger partial charge is 0.395 e. The van der Waals surface area contributed by atoms with E-state index in [1.807, 2.05) is 36.4 Å². The van der Waals surface area contributed by atoms with Crippen molar-refractivity contribution in [2.45, 2.75) is 0 Å². The van der Waals surface area contributed by atoms with E-state index in [0.29, 0.717) is 18.2 Å². The van der Waals surface area contributed by atoms with Gasteiger partial charge in [0.05, 0.1) is 24.1 Å². The van der Waals surface area contributed by atoms with E-state index in [-0.39, 0.29) is 6.61 Å². The Hall–Kier alpha value is -2.86. The Labute approximate surface area is 128 Å². The van der Waals surface area contributed by atoms with Gasteiger partial charge in [0.25, 0.3) is 0 Å². The molecule has 0 radical (unpaired) electrons. The van der Waals surface area contributed by atoms with Gasteiger partial charge in [-0.2, -0.15) is 0 Å². The van der Waals surface area contributed by atoms with Crippen molar-refractivity contribution in [3.05, 3.63) is 48.8 Å². The number of anilines is 2. The molecule has 3 aromatic rings. The minimum atomic E-state index is 0.0959. The van der Waals surface area contributed by atoms with Crippen molar-refractivity contribution in [2.24, 2.45) is 0 Å². The zero-order valence-corrected chi connectivity index (χ0v) is 12.0. The van der Waals surface area contributed by atoms with Gasteiger partial charge in [-0.25, -0.2) is 9.97 Å². The molecule has 0 fully saturated rings. The van der Waals surface area contributed by atoms with Crippen LogP contribution >= 0.6 is 0 Å². The first-order valence-electron chi connectivity index (χ1n) is 6.99. The normalized spacial score (nSPS) is 10.6. The van der Waals surface area contributed by atoms with Crippen molar-refractivity contribution in [3.63, 3.8) is 0 Å². The number of benzene rings is 1. The molecule has 0 aliphatic carbocycles. The van der Waals surface area contributed by atoms with Crippen LogP contribution in [0.1, 0.15) is 0 Å². The van der Waals surface area contributed by atoms with Gasteiger partial charge in [0, 0.05) is 24.0 Å². The fourth-order valence-electron chi connectivity index (χ4n) is 2.22. The third-order valence-electron chi connectivity index (χ3n) is 3.28. The second kappa shape index (κ2) is 6.28. The number of nitrogens with one attached hydrogen (secondary N) is 2.